The first-order valence-corrected chi connectivity index (χ1v) is 5.36. The van der Waals surface area contributed by atoms with Gasteiger partial charge in [-0.3, -0.25) is 0 Å². The molecule has 0 aromatic carbocycles. The van der Waals surface area contributed by atoms with Gasteiger partial charge in [-0.1, -0.05) is 32.6 Å². The molecule has 0 saturated carbocycles. The van der Waals surface area contributed by atoms with E-state index in [1.54, 1.807) is 0 Å². The van der Waals surface area contributed by atoms with Crippen molar-refractivity contribution in [3.63, 3.8) is 0 Å². The standard InChI is InChI=1S/C13H20O/c1-5-7-8-12-11(4)14-9-13(12)10(3)6-2/h6,11H,2-3,5,7-9H2,1,4H3. The quantitative estimate of drug-likeness (QED) is 0.604. The van der Waals surface area contributed by atoms with E-state index in [1.165, 1.54) is 24.0 Å². The van der Waals surface area contributed by atoms with Crippen LogP contribution in [0.25, 0.3) is 0 Å². The predicted molar refractivity (Wildman–Crippen MR) is 61.3 cm³/mol. The van der Waals surface area contributed by atoms with Gasteiger partial charge in [0.1, 0.15) is 0 Å². The fourth-order valence-corrected chi connectivity index (χ4v) is 1.79. The largest absolute Gasteiger partial charge is 0.369 e. The molecule has 1 aliphatic rings. The summed E-state index contributed by atoms with van der Waals surface area (Å²) in [6.45, 7) is 12.8. The monoisotopic (exact) mass is 192 g/mol. The van der Waals surface area contributed by atoms with E-state index in [-0.39, 0.29) is 6.10 Å². The molecule has 1 nitrogen and oxygen atoms in total. The predicted octanol–water partition coefficient (Wildman–Crippen LogP) is 3.63. The summed E-state index contributed by atoms with van der Waals surface area (Å²) in [6.07, 6.45) is 5.69. The fourth-order valence-electron chi connectivity index (χ4n) is 1.79. The van der Waals surface area contributed by atoms with Crippen molar-refractivity contribution >= 4 is 0 Å². The Balaban J connectivity index is 2.78. The van der Waals surface area contributed by atoms with Crippen LogP contribution in [0, 0.1) is 0 Å². The van der Waals surface area contributed by atoms with Gasteiger partial charge in [-0.25, -0.2) is 0 Å². The van der Waals surface area contributed by atoms with Gasteiger partial charge in [0.15, 0.2) is 0 Å². The molecular formula is C13H20O. The molecule has 0 aromatic rings. The fraction of sp³-hybridized carbons (Fsp3) is 0.538. The number of allylic oxidation sites excluding steroid dienone is 1. The van der Waals surface area contributed by atoms with Crippen LogP contribution in [0.5, 0.6) is 0 Å². The highest BCUT2D eigenvalue weighted by atomic mass is 16.5. The summed E-state index contributed by atoms with van der Waals surface area (Å²) in [7, 11) is 0. The van der Waals surface area contributed by atoms with Crippen molar-refractivity contribution in [2.24, 2.45) is 0 Å². The minimum Gasteiger partial charge on any atom is -0.369 e. The summed E-state index contributed by atoms with van der Waals surface area (Å²) in [5.74, 6) is 0. The van der Waals surface area contributed by atoms with E-state index in [0.29, 0.717) is 6.61 Å². The van der Waals surface area contributed by atoms with E-state index in [4.69, 9.17) is 4.74 Å². The highest BCUT2D eigenvalue weighted by Gasteiger charge is 2.22. The topological polar surface area (TPSA) is 9.23 Å². The maximum absolute atomic E-state index is 5.62. The van der Waals surface area contributed by atoms with E-state index >= 15 is 0 Å². The third-order valence-electron chi connectivity index (χ3n) is 2.79. The molecule has 0 spiro atoms. The zero-order valence-electron chi connectivity index (χ0n) is 9.31. The van der Waals surface area contributed by atoms with Gasteiger partial charge in [-0.15, -0.1) is 0 Å². The van der Waals surface area contributed by atoms with Crippen molar-refractivity contribution in [3.8, 4) is 0 Å². The molecule has 1 atom stereocenters. The molecule has 1 heterocycles. The molecule has 0 bridgehead atoms. The lowest BCUT2D eigenvalue weighted by Crippen LogP contribution is -2.03. The van der Waals surface area contributed by atoms with E-state index < -0.39 is 0 Å². The number of unbranched alkanes of at least 4 members (excludes halogenated alkanes) is 1. The van der Waals surface area contributed by atoms with Crippen molar-refractivity contribution in [1.82, 2.24) is 0 Å². The Morgan fingerprint density at radius 1 is 1.64 bits per heavy atom. The van der Waals surface area contributed by atoms with Gasteiger partial charge < -0.3 is 4.74 Å². The van der Waals surface area contributed by atoms with Crippen LogP contribution in [0.3, 0.4) is 0 Å². The molecule has 14 heavy (non-hydrogen) atoms. The second-order valence-corrected chi connectivity index (χ2v) is 3.79. The minimum atomic E-state index is 0.272. The lowest BCUT2D eigenvalue weighted by molar-refractivity contribution is 0.132. The van der Waals surface area contributed by atoms with Gasteiger partial charge in [-0.2, -0.15) is 0 Å². The Morgan fingerprint density at radius 3 is 2.93 bits per heavy atom. The molecule has 1 heteroatoms. The summed E-state index contributed by atoms with van der Waals surface area (Å²) in [6, 6.07) is 0. The summed E-state index contributed by atoms with van der Waals surface area (Å²) >= 11 is 0. The van der Waals surface area contributed by atoms with Gasteiger partial charge in [0.25, 0.3) is 0 Å². The van der Waals surface area contributed by atoms with Gasteiger partial charge >= 0.3 is 0 Å². The molecule has 0 fully saturated rings. The molecule has 1 aliphatic heterocycles. The lowest BCUT2D eigenvalue weighted by Gasteiger charge is -2.09. The number of hydrogen-bond acceptors (Lipinski definition) is 1. The zero-order chi connectivity index (χ0) is 10.6. The van der Waals surface area contributed by atoms with E-state index in [1.807, 2.05) is 6.08 Å². The highest BCUT2D eigenvalue weighted by molar-refractivity contribution is 5.43. The van der Waals surface area contributed by atoms with Crippen LogP contribution in [-0.4, -0.2) is 12.7 Å². The first kappa shape index (κ1) is 11.3. The van der Waals surface area contributed by atoms with Gasteiger partial charge in [-0.05, 0) is 36.5 Å². The first-order valence-electron chi connectivity index (χ1n) is 5.36. The molecule has 0 amide bonds. The zero-order valence-corrected chi connectivity index (χ0v) is 9.31. The van der Waals surface area contributed by atoms with Crippen molar-refractivity contribution in [2.75, 3.05) is 6.61 Å². The molecule has 0 aromatic heterocycles. The molecule has 1 unspecified atom stereocenters. The van der Waals surface area contributed by atoms with Crippen molar-refractivity contribution in [1.29, 1.82) is 0 Å². The van der Waals surface area contributed by atoms with Crippen molar-refractivity contribution < 1.29 is 4.74 Å². The molecule has 0 aliphatic carbocycles. The summed E-state index contributed by atoms with van der Waals surface area (Å²) in [5.41, 5.74) is 3.73. The van der Waals surface area contributed by atoms with E-state index in [0.717, 1.165) is 12.0 Å². The van der Waals surface area contributed by atoms with Crippen LogP contribution in [0.2, 0.25) is 0 Å². The van der Waals surface area contributed by atoms with E-state index in [2.05, 4.69) is 27.0 Å². The normalized spacial score (nSPS) is 21.4. The van der Waals surface area contributed by atoms with Crippen LogP contribution in [0.1, 0.15) is 33.1 Å². The molecule has 78 valence electrons. The molecule has 0 N–H and O–H groups in total. The van der Waals surface area contributed by atoms with Crippen LogP contribution < -0.4 is 0 Å². The van der Waals surface area contributed by atoms with Crippen molar-refractivity contribution in [3.05, 3.63) is 36.0 Å². The number of rotatable bonds is 5. The van der Waals surface area contributed by atoms with Gasteiger partial charge in [0.2, 0.25) is 0 Å². The lowest BCUT2D eigenvalue weighted by atomic mass is 9.96. The summed E-state index contributed by atoms with van der Waals surface area (Å²) < 4.78 is 5.62. The molecular weight excluding hydrogens is 172 g/mol. The minimum absolute atomic E-state index is 0.272. The SMILES string of the molecule is C=CC(=C)C1=C(CCCC)C(C)OC1. The van der Waals surface area contributed by atoms with Gasteiger partial charge in [0.05, 0.1) is 12.7 Å². The Morgan fingerprint density at radius 2 is 2.36 bits per heavy atom. The smallest absolute Gasteiger partial charge is 0.0768 e. The Hall–Kier alpha value is -0.820. The Bertz CT molecular complexity index is 260. The average Bonchev–Trinajstić information content (AvgIpc) is 2.56. The Labute approximate surface area is 87.2 Å². The second-order valence-electron chi connectivity index (χ2n) is 3.79. The van der Waals surface area contributed by atoms with Crippen LogP contribution in [0.15, 0.2) is 36.0 Å². The third kappa shape index (κ3) is 2.36. The van der Waals surface area contributed by atoms with Crippen LogP contribution in [-0.2, 0) is 4.74 Å². The highest BCUT2D eigenvalue weighted by Crippen LogP contribution is 2.29. The number of ether oxygens (including phenoxy) is 1. The van der Waals surface area contributed by atoms with Crippen LogP contribution in [0.4, 0.5) is 0 Å². The van der Waals surface area contributed by atoms with Gasteiger partial charge in [0, 0.05) is 0 Å². The van der Waals surface area contributed by atoms with Crippen LogP contribution >= 0.6 is 0 Å². The maximum atomic E-state index is 5.62. The maximum Gasteiger partial charge on any atom is 0.0768 e. The second kappa shape index (κ2) is 5.16. The Kier molecular flexibility index (Phi) is 4.15. The summed E-state index contributed by atoms with van der Waals surface area (Å²) in [5, 5.41) is 0. The summed E-state index contributed by atoms with van der Waals surface area (Å²) in [4.78, 5) is 0. The molecule has 1 rings (SSSR count). The molecule has 0 saturated heterocycles. The number of hydrogen-bond donors (Lipinski definition) is 0. The third-order valence-corrected chi connectivity index (χ3v) is 2.79. The van der Waals surface area contributed by atoms with E-state index in [9.17, 15) is 0 Å². The molecule has 0 radical (unpaired) electrons. The average molecular weight is 192 g/mol. The van der Waals surface area contributed by atoms with Crippen molar-refractivity contribution in [2.45, 2.75) is 39.2 Å². The first-order chi connectivity index (χ1) is 6.70.